The fourth-order valence-corrected chi connectivity index (χ4v) is 4.16. The van der Waals surface area contributed by atoms with E-state index in [1.807, 2.05) is 26.0 Å². The fraction of sp³-hybridized carbons (Fsp3) is 0.308. The maximum absolute atomic E-state index is 6.22. The summed E-state index contributed by atoms with van der Waals surface area (Å²) in [5.74, 6) is 0. The van der Waals surface area contributed by atoms with Crippen LogP contribution in [0.5, 0.6) is 0 Å². The van der Waals surface area contributed by atoms with Gasteiger partial charge in [0.25, 0.3) is 0 Å². The fourth-order valence-electron chi connectivity index (χ4n) is 1.91. The second-order valence-corrected chi connectivity index (χ2v) is 7.26. The highest BCUT2D eigenvalue weighted by Crippen LogP contribution is 2.37. The molecule has 0 saturated carbocycles. The standard InChI is InChI=1S/C13H13BrCl2N2S/c1-6-13(19-8(3)17-6)7(2)18-12-10(15)4-9(14)5-11(12)16/h4-5,7,18H,1-3H3. The van der Waals surface area contributed by atoms with E-state index in [2.05, 4.69) is 33.2 Å². The molecule has 0 saturated heterocycles. The summed E-state index contributed by atoms with van der Waals surface area (Å²) in [5.41, 5.74) is 1.80. The van der Waals surface area contributed by atoms with E-state index in [4.69, 9.17) is 23.2 Å². The van der Waals surface area contributed by atoms with Gasteiger partial charge in [-0.15, -0.1) is 11.3 Å². The lowest BCUT2D eigenvalue weighted by molar-refractivity contribution is 0.890. The molecule has 2 aromatic rings. The molecule has 1 atom stereocenters. The number of thiazole rings is 1. The molecule has 1 aromatic carbocycles. The Labute approximate surface area is 135 Å². The van der Waals surface area contributed by atoms with Gasteiger partial charge in [0.05, 0.1) is 32.5 Å². The van der Waals surface area contributed by atoms with Crippen molar-refractivity contribution in [3.63, 3.8) is 0 Å². The van der Waals surface area contributed by atoms with Crippen molar-refractivity contribution in [3.05, 3.63) is 42.2 Å². The zero-order valence-electron chi connectivity index (χ0n) is 10.7. The van der Waals surface area contributed by atoms with Gasteiger partial charge in [-0.05, 0) is 32.9 Å². The Morgan fingerprint density at radius 1 is 1.26 bits per heavy atom. The van der Waals surface area contributed by atoms with Gasteiger partial charge in [0, 0.05) is 9.35 Å². The number of benzene rings is 1. The highest BCUT2D eigenvalue weighted by molar-refractivity contribution is 9.10. The molecule has 0 radical (unpaired) electrons. The minimum Gasteiger partial charge on any atom is -0.375 e. The number of aromatic nitrogens is 1. The summed E-state index contributed by atoms with van der Waals surface area (Å²) in [5, 5.41) is 5.63. The minimum absolute atomic E-state index is 0.113. The Morgan fingerprint density at radius 2 is 1.84 bits per heavy atom. The molecule has 2 rings (SSSR count). The molecule has 19 heavy (non-hydrogen) atoms. The zero-order chi connectivity index (χ0) is 14.2. The molecule has 0 aliphatic heterocycles. The van der Waals surface area contributed by atoms with Crippen LogP contribution >= 0.6 is 50.5 Å². The Bertz CT molecular complexity index is 590. The maximum atomic E-state index is 6.22. The predicted octanol–water partition coefficient (Wildman–Crippen LogP) is 6.00. The molecule has 0 spiro atoms. The summed E-state index contributed by atoms with van der Waals surface area (Å²) in [6, 6.07) is 3.77. The van der Waals surface area contributed by atoms with Gasteiger partial charge in [-0.25, -0.2) is 4.98 Å². The number of rotatable bonds is 3. The van der Waals surface area contributed by atoms with E-state index < -0.39 is 0 Å². The van der Waals surface area contributed by atoms with Crippen LogP contribution in [0.1, 0.15) is 28.5 Å². The van der Waals surface area contributed by atoms with Crippen molar-refractivity contribution in [2.45, 2.75) is 26.8 Å². The van der Waals surface area contributed by atoms with E-state index >= 15 is 0 Å². The van der Waals surface area contributed by atoms with E-state index in [0.717, 1.165) is 20.9 Å². The average molecular weight is 380 g/mol. The lowest BCUT2D eigenvalue weighted by Gasteiger charge is -2.17. The summed E-state index contributed by atoms with van der Waals surface area (Å²) < 4.78 is 0.866. The second-order valence-electron chi connectivity index (χ2n) is 4.29. The van der Waals surface area contributed by atoms with Crippen LogP contribution in [0.25, 0.3) is 0 Å². The molecule has 0 fully saturated rings. The van der Waals surface area contributed by atoms with Crippen LogP contribution in [-0.2, 0) is 0 Å². The lowest BCUT2D eigenvalue weighted by atomic mass is 10.2. The first kappa shape index (κ1) is 15.1. The van der Waals surface area contributed by atoms with Crippen LogP contribution in [0, 0.1) is 13.8 Å². The molecule has 0 aliphatic rings. The van der Waals surface area contributed by atoms with Crippen LogP contribution in [0.4, 0.5) is 5.69 Å². The number of nitrogens with zero attached hydrogens (tertiary/aromatic N) is 1. The summed E-state index contributed by atoms with van der Waals surface area (Å²) in [7, 11) is 0. The predicted molar refractivity (Wildman–Crippen MR) is 87.8 cm³/mol. The average Bonchev–Trinajstić information content (AvgIpc) is 2.62. The molecule has 0 aliphatic carbocycles. The highest BCUT2D eigenvalue weighted by Gasteiger charge is 2.16. The first-order chi connectivity index (χ1) is 8.88. The Balaban J connectivity index is 2.29. The molecule has 1 aromatic heterocycles. The van der Waals surface area contributed by atoms with E-state index in [9.17, 15) is 0 Å². The van der Waals surface area contributed by atoms with Crippen LogP contribution in [0.15, 0.2) is 16.6 Å². The summed E-state index contributed by atoms with van der Waals surface area (Å²) in [6.45, 7) is 6.10. The summed E-state index contributed by atoms with van der Waals surface area (Å²) in [6.07, 6.45) is 0. The zero-order valence-corrected chi connectivity index (χ0v) is 14.6. The monoisotopic (exact) mass is 378 g/mol. The number of halogens is 3. The van der Waals surface area contributed by atoms with Crippen molar-refractivity contribution >= 4 is 56.2 Å². The lowest BCUT2D eigenvalue weighted by Crippen LogP contribution is -2.07. The van der Waals surface area contributed by atoms with Crippen molar-refractivity contribution in [2.75, 3.05) is 5.32 Å². The second kappa shape index (κ2) is 6.00. The van der Waals surface area contributed by atoms with E-state index in [1.54, 1.807) is 11.3 Å². The summed E-state index contributed by atoms with van der Waals surface area (Å²) in [4.78, 5) is 5.64. The third-order valence-electron chi connectivity index (χ3n) is 2.70. The van der Waals surface area contributed by atoms with Gasteiger partial charge >= 0.3 is 0 Å². The van der Waals surface area contributed by atoms with Gasteiger partial charge in [-0.3, -0.25) is 0 Å². The number of hydrogen-bond donors (Lipinski definition) is 1. The Hall–Kier alpha value is -0.290. The molecular formula is C13H13BrCl2N2S. The topological polar surface area (TPSA) is 24.9 Å². The van der Waals surface area contributed by atoms with Gasteiger partial charge in [-0.1, -0.05) is 39.1 Å². The number of anilines is 1. The summed E-state index contributed by atoms with van der Waals surface area (Å²) >= 11 is 17.5. The molecule has 0 amide bonds. The number of nitrogens with one attached hydrogen (secondary N) is 1. The highest BCUT2D eigenvalue weighted by atomic mass is 79.9. The van der Waals surface area contributed by atoms with Crippen molar-refractivity contribution in [1.82, 2.24) is 4.98 Å². The van der Waals surface area contributed by atoms with Gasteiger partial charge in [0.15, 0.2) is 0 Å². The van der Waals surface area contributed by atoms with Gasteiger partial charge in [-0.2, -0.15) is 0 Å². The SMILES string of the molecule is Cc1nc(C)c(C(C)Nc2c(Cl)cc(Br)cc2Cl)s1. The third-order valence-corrected chi connectivity index (χ3v) is 5.01. The van der Waals surface area contributed by atoms with Crippen LogP contribution in [0.2, 0.25) is 10.0 Å². The van der Waals surface area contributed by atoms with Crippen molar-refractivity contribution in [1.29, 1.82) is 0 Å². The molecule has 102 valence electrons. The normalized spacial score (nSPS) is 12.5. The van der Waals surface area contributed by atoms with Crippen molar-refractivity contribution in [3.8, 4) is 0 Å². The third kappa shape index (κ3) is 3.43. The Morgan fingerprint density at radius 3 is 2.32 bits per heavy atom. The first-order valence-corrected chi connectivity index (χ1v) is 8.10. The van der Waals surface area contributed by atoms with Crippen LogP contribution < -0.4 is 5.32 Å². The smallest absolute Gasteiger partial charge is 0.0900 e. The molecular weight excluding hydrogens is 367 g/mol. The molecule has 2 nitrogen and oxygen atoms in total. The largest absolute Gasteiger partial charge is 0.375 e. The van der Waals surface area contributed by atoms with Gasteiger partial charge in [0.1, 0.15) is 0 Å². The number of aryl methyl sites for hydroxylation is 2. The molecule has 1 heterocycles. The van der Waals surface area contributed by atoms with Crippen molar-refractivity contribution in [2.24, 2.45) is 0 Å². The van der Waals surface area contributed by atoms with E-state index in [1.165, 1.54) is 4.88 Å². The van der Waals surface area contributed by atoms with Gasteiger partial charge in [0.2, 0.25) is 0 Å². The van der Waals surface area contributed by atoms with Crippen molar-refractivity contribution < 1.29 is 0 Å². The molecule has 1 unspecified atom stereocenters. The minimum atomic E-state index is 0.113. The first-order valence-electron chi connectivity index (χ1n) is 5.73. The van der Waals surface area contributed by atoms with Crippen LogP contribution in [0.3, 0.4) is 0 Å². The van der Waals surface area contributed by atoms with Gasteiger partial charge < -0.3 is 5.32 Å². The van der Waals surface area contributed by atoms with E-state index in [0.29, 0.717) is 10.0 Å². The maximum Gasteiger partial charge on any atom is 0.0900 e. The number of hydrogen-bond acceptors (Lipinski definition) is 3. The quantitative estimate of drug-likeness (QED) is 0.706. The molecule has 6 heteroatoms. The Kier molecular flexibility index (Phi) is 4.77. The molecule has 1 N–H and O–H groups in total. The van der Waals surface area contributed by atoms with E-state index in [-0.39, 0.29) is 6.04 Å². The molecule has 0 bridgehead atoms. The van der Waals surface area contributed by atoms with Crippen LogP contribution in [-0.4, -0.2) is 4.98 Å².